The number of carbonyl (C=O) groups excluding carboxylic acids is 1. The molecule has 0 bridgehead atoms. The second kappa shape index (κ2) is 3.70. The van der Waals surface area contributed by atoms with Gasteiger partial charge in [0.15, 0.2) is 0 Å². The molecule has 2 nitrogen and oxygen atoms in total. The lowest BCUT2D eigenvalue weighted by Crippen LogP contribution is -2.58. The molecule has 0 heterocycles. The van der Waals surface area contributed by atoms with Crippen LogP contribution in [0.1, 0.15) is 0 Å². The summed E-state index contributed by atoms with van der Waals surface area (Å²) in [5.41, 5.74) is 0. The van der Waals surface area contributed by atoms with Crippen LogP contribution in [-0.2, 0) is 4.79 Å². The molecule has 1 amide bonds. The van der Waals surface area contributed by atoms with Gasteiger partial charge >= 0.3 is 23.9 Å². The summed E-state index contributed by atoms with van der Waals surface area (Å²) in [4.78, 5) is 10.2. The molecule has 0 atom stereocenters. The Hall–Kier alpha value is -1.28. The van der Waals surface area contributed by atoms with Crippen molar-refractivity contribution in [1.82, 2.24) is 5.32 Å². The summed E-state index contributed by atoms with van der Waals surface area (Å²) in [6.07, 6.45) is -6.25. The van der Waals surface area contributed by atoms with Gasteiger partial charge in [-0.1, -0.05) is 6.58 Å². The Morgan fingerprint density at radius 3 is 1.73 bits per heavy atom. The van der Waals surface area contributed by atoms with E-state index in [2.05, 4.69) is 6.58 Å². The van der Waals surface area contributed by atoms with Crippen LogP contribution in [0.15, 0.2) is 12.8 Å². The van der Waals surface area contributed by atoms with Crippen molar-refractivity contribution in [3.05, 3.63) is 12.8 Å². The minimum absolute atomic E-state index is 0.267. The molecule has 0 aromatic heterocycles. The summed E-state index contributed by atoms with van der Waals surface area (Å²) >= 11 is 0. The predicted molar refractivity (Wildman–Crippen MR) is 34.3 cm³/mol. The zero-order valence-electron chi connectivity index (χ0n) is 6.84. The summed E-state index contributed by atoms with van der Waals surface area (Å²) < 4.78 is 83.4. The van der Waals surface area contributed by atoms with Crippen LogP contribution >= 0.6 is 0 Å². The van der Waals surface area contributed by atoms with Crippen molar-refractivity contribution >= 4 is 5.91 Å². The zero-order valence-corrected chi connectivity index (χ0v) is 6.84. The molecule has 0 unspecified atom stereocenters. The molecule has 0 aliphatic carbocycles. The number of amides is 1. The molecule has 0 fully saturated rings. The minimum atomic E-state index is -6.52. The summed E-state index contributed by atoms with van der Waals surface area (Å²) in [6, 6.07) is 0. The number of rotatable bonds is 3. The monoisotopic (exact) mass is 239 g/mol. The highest BCUT2D eigenvalue weighted by Crippen LogP contribution is 2.46. The maximum Gasteiger partial charge on any atom is 0.460 e. The Kier molecular flexibility index (Phi) is 3.39. The Bertz CT molecular complexity index is 269. The number of nitrogens with one attached hydrogen (secondary N) is 1. The quantitative estimate of drug-likeness (QED) is 0.750. The van der Waals surface area contributed by atoms with Crippen LogP contribution in [-0.4, -0.2) is 23.9 Å². The number of hydrogen-bond donors (Lipinski definition) is 1. The van der Waals surface area contributed by atoms with Gasteiger partial charge in [0.1, 0.15) is 0 Å². The normalized spacial score (nSPS) is 13.5. The van der Waals surface area contributed by atoms with Crippen molar-refractivity contribution in [2.24, 2.45) is 0 Å². The van der Waals surface area contributed by atoms with E-state index < -0.39 is 23.9 Å². The molecule has 0 saturated carbocycles. The summed E-state index contributed by atoms with van der Waals surface area (Å²) in [5, 5.41) is 0.959. The SMILES string of the molecule is C=CNC(=O)C(F)(F)C(F)(F)C(F)(F)F. The van der Waals surface area contributed by atoms with E-state index in [9.17, 15) is 35.5 Å². The molecular formula is C6H4F7NO. The van der Waals surface area contributed by atoms with E-state index in [1.807, 2.05) is 0 Å². The van der Waals surface area contributed by atoms with Gasteiger partial charge in [-0.3, -0.25) is 4.79 Å². The van der Waals surface area contributed by atoms with E-state index in [1.165, 1.54) is 0 Å². The lowest BCUT2D eigenvalue weighted by atomic mass is 10.1. The van der Waals surface area contributed by atoms with Gasteiger partial charge in [-0.2, -0.15) is 30.7 Å². The molecule has 0 aromatic carbocycles. The molecular weight excluding hydrogens is 235 g/mol. The van der Waals surface area contributed by atoms with Gasteiger partial charge in [0.25, 0.3) is 0 Å². The molecule has 0 aliphatic heterocycles. The van der Waals surface area contributed by atoms with Crippen LogP contribution in [0, 0.1) is 0 Å². The van der Waals surface area contributed by atoms with Crippen LogP contribution in [0.3, 0.4) is 0 Å². The van der Waals surface area contributed by atoms with Crippen molar-refractivity contribution < 1.29 is 35.5 Å². The Labute approximate surface area is 78.7 Å². The van der Waals surface area contributed by atoms with Crippen molar-refractivity contribution in [2.75, 3.05) is 0 Å². The molecule has 0 spiro atoms. The van der Waals surface area contributed by atoms with E-state index >= 15 is 0 Å². The van der Waals surface area contributed by atoms with Crippen LogP contribution in [0.2, 0.25) is 0 Å². The highest BCUT2D eigenvalue weighted by Gasteiger charge is 2.76. The molecule has 88 valence electrons. The van der Waals surface area contributed by atoms with Crippen molar-refractivity contribution in [2.45, 2.75) is 18.0 Å². The lowest BCUT2D eigenvalue weighted by Gasteiger charge is -2.26. The summed E-state index contributed by atoms with van der Waals surface area (Å²) in [7, 11) is 0. The highest BCUT2D eigenvalue weighted by molar-refractivity contribution is 5.85. The summed E-state index contributed by atoms with van der Waals surface area (Å²) in [5.74, 6) is -15.1. The first-order chi connectivity index (χ1) is 6.48. The molecule has 0 saturated heterocycles. The Morgan fingerprint density at radius 1 is 1.07 bits per heavy atom. The maximum absolute atomic E-state index is 12.3. The molecule has 15 heavy (non-hydrogen) atoms. The van der Waals surface area contributed by atoms with Gasteiger partial charge in [0.05, 0.1) is 0 Å². The maximum atomic E-state index is 12.3. The van der Waals surface area contributed by atoms with Crippen LogP contribution < -0.4 is 5.32 Å². The van der Waals surface area contributed by atoms with Crippen LogP contribution in [0.5, 0.6) is 0 Å². The fourth-order valence-electron chi connectivity index (χ4n) is 0.504. The first-order valence-corrected chi connectivity index (χ1v) is 3.22. The average molecular weight is 239 g/mol. The number of hydrogen-bond acceptors (Lipinski definition) is 1. The number of carbonyl (C=O) groups is 1. The highest BCUT2D eigenvalue weighted by atomic mass is 19.4. The molecule has 0 aromatic rings. The fourth-order valence-corrected chi connectivity index (χ4v) is 0.504. The second-order valence-corrected chi connectivity index (χ2v) is 2.32. The summed E-state index contributed by atoms with van der Waals surface area (Å²) in [6.45, 7) is 2.67. The van der Waals surface area contributed by atoms with Crippen molar-refractivity contribution in [3.63, 3.8) is 0 Å². The first-order valence-electron chi connectivity index (χ1n) is 3.22. The van der Waals surface area contributed by atoms with E-state index in [-0.39, 0.29) is 6.20 Å². The van der Waals surface area contributed by atoms with Gasteiger partial charge < -0.3 is 5.32 Å². The lowest BCUT2D eigenvalue weighted by molar-refractivity contribution is -0.343. The second-order valence-electron chi connectivity index (χ2n) is 2.32. The third-order valence-corrected chi connectivity index (χ3v) is 1.27. The molecule has 0 aliphatic rings. The molecule has 0 rings (SSSR count). The predicted octanol–water partition coefficient (Wildman–Crippen LogP) is 2.08. The van der Waals surface area contributed by atoms with Crippen LogP contribution in [0.4, 0.5) is 30.7 Å². The van der Waals surface area contributed by atoms with Gasteiger partial charge in [-0.25, -0.2) is 0 Å². The number of halogens is 7. The third kappa shape index (κ3) is 2.21. The van der Waals surface area contributed by atoms with Gasteiger partial charge in [0.2, 0.25) is 0 Å². The average Bonchev–Trinajstić information content (AvgIpc) is 2.02. The van der Waals surface area contributed by atoms with Gasteiger partial charge in [0, 0.05) is 0 Å². The largest absolute Gasteiger partial charge is 0.460 e. The fraction of sp³-hybridized carbons (Fsp3) is 0.500. The zero-order chi connectivity index (χ0) is 12.5. The van der Waals surface area contributed by atoms with E-state index in [0.29, 0.717) is 0 Å². The minimum Gasteiger partial charge on any atom is -0.328 e. The third-order valence-electron chi connectivity index (χ3n) is 1.27. The van der Waals surface area contributed by atoms with E-state index in [4.69, 9.17) is 0 Å². The first kappa shape index (κ1) is 13.7. The molecule has 1 N–H and O–H groups in total. The smallest absolute Gasteiger partial charge is 0.328 e. The topological polar surface area (TPSA) is 29.1 Å². The van der Waals surface area contributed by atoms with Gasteiger partial charge in [-0.15, -0.1) is 0 Å². The standard InChI is InChI=1S/C6H4F7NO/c1-2-14-3(15)4(7,8)5(9,10)6(11,12)13/h2H,1H2,(H,14,15). The van der Waals surface area contributed by atoms with Crippen molar-refractivity contribution in [1.29, 1.82) is 0 Å². The van der Waals surface area contributed by atoms with Crippen LogP contribution in [0.25, 0.3) is 0 Å². The molecule has 0 radical (unpaired) electrons. The van der Waals surface area contributed by atoms with E-state index in [0.717, 1.165) is 5.32 Å². The Balaban J connectivity index is 5.18. The van der Waals surface area contributed by atoms with Gasteiger partial charge in [-0.05, 0) is 6.20 Å². The van der Waals surface area contributed by atoms with E-state index in [1.54, 1.807) is 0 Å². The number of alkyl halides is 7. The Morgan fingerprint density at radius 2 is 1.47 bits per heavy atom. The molecule has 9 heteroatoms. The van der Waals surface area contributed by atoms with Crippen molar-refractivity contribution in [3.8, 4) is 0 Å².